The summed E-state index contributed by atoms with van der Waals surface area (Å²) in [5.74, 6) is 0.109. The first kappa shape index (κ1) is 18.3. The summed E-state index contributed by atoms with van der Waals surface area (Å²) in [5.41, 5.74) is 7.02. The second-order valence-electron chi connectivity index (χ2n) is 7.59. The fourth-order valence-electron chi connectivity index (χ4n) is 3.75. The number of pyridine rings is 1. The smallest absolute Gasteiger partial charge is 0.317 e. The van der Waals surface area contributed by atoms with Gasteiger partial charge in [-0.15, -0.1) is 0 Å². The van der Waals surface area contributed by atoms with Crippen LogP contribution in [-0.2, 0) is 6.42 Å². The van der Waals surface area contributed by atoms with Gasteiger partial charge in [0.15, 0.2) is 0 Å². The molecule has 2 aromatic rings. The summed E-state index contributed by atoms with van der Waals surface area (Å²) in [7, 11) is 0. The Labute approximate surface area is 164 Å². The molecular weight excluding hydrogens is 354 g/mol. The van der Waals surface area contributed by atoms with Gasteiger partial charge < -0.3 is 20.9 Å². The molecule has 7 nitrogen and oxygen atoms in total. The number of piperazine rings is 1. The number of aromatic nitrogens is 1. The number of urea groups is 1. The molecule has 1 saturated heterocycles. The number of rotatable bonds is 5. The lowest BCUT2D eigenvalue weighted by Crippen LogP contribution is -2.54. The quantitative estimate of drug-likeness (QED) is 0.828. The third-order valence-electron chi connectivity index (χ3n) is 5.53. The van der Waals surface area contributed by atoms with Gasteiger partial charge in [0.2, 0.25) is 0 Å². The predicted octanol–water partition coefficient (Wildman–Crippen LogP) is 1.79. The molecule has 2 heterocycles. The van der Waals surface area contributed by atoms with E-state index in [1.807, 2.05) is 28.0 Å². The molecule has 0 unspecified atom stereocenters. The zero-order valence-corrected chi connectivity index (χ0v) is 15.8. The molecule has 0 radical (unpaired) electrons. The third-order valence-corrected chi connectivity index (χ3v) is 5.53. The standard InChI is InChI=1S/C21H25N5O2/c22-18(27)17-7-4-10-23-19(17)25-11-13-26(14-12-25)20(28)24-21(8-9-21)15-16-5-2-1-3-6-16/h1-7,10H,8-9,11-15H2,(H2,22,27)(H,24,28). The normalized spacial score (nSPS) is 17.9. The van der Waals surface area contributed by atoms with Crippen LogP contribution in [0.1, 0.15) is 28.8 Å². The van der Waals surface area contributed by atoms with Crippen LogP contribution in [0.15, 0.2) is 48.7 Å². The van der Waals surface area contributed by atoms with Crippen molar-refractivity contribution in [3.8, 4) is 0 Å². The maximum absolute atomic E-state index is 12.8. The molecule has 1 aliphatic carbocycles. The van der Waals surface area contributed by atoms with Crippen LogP contribution in [0.2, 0.25) is 0 Å². The molecule has 2 aliphatic rings. The van der Waals surface area contributed by atoms with Crippen molar-refractivity contribution >= 4 is 17.8 Å². The molecule has 28 heavy (non-hydrogen) atoms. The fourth-order valence-corrected chi connectivity index (χ4v) is 3.75. The number of benzene rings is 1. The van der Waals surface area contributed by atoms with Gasteiger partial charge in [-0.05, 0) is 37.0 Å². The van der Waals surface area contributed by atoms with Crippen molar-refractivity contribution in [2.75, 3.05) is 31.1 Å². The van der Waals surface area contributed by atoms with E-state index in [2.05, 4.69) is 22.4 Å². The summed E-state index contributed by atoms with van der Waals surface area (Å²) in [6.07, 6.45) is 4.56. The zero-order valence-electron chi connectivity index (χ0n) is 15.8. The molecule has 1 aromatic heterocycles. The van der Waals surface area contributed by atoms with Crippen LogP contribution in [0, 0.1) is 0 Å². The molecule has 1 aromatic carbocycles. The molecule has 1 aliphatic heterocycles. The number of hydrogen-bond donors (Lipinski definition) is 2. The number of nitrogens with two attached hydrogens (primary N) is 1. The van der Waals surface area contributed by atoms with Crippen LogP contribution in [0.3, 0.4) is 0 Å². The Balaban J connectivity index is 1.34. The van der Waals surface area contributed by atoms with Gasteiger partial charge in [-0.2, -0.15) is 0 Å². The summed E-state index contributed by atoms with van der Waals surface area (Å²) in [4.78, 5) is 32.6. The van der Waals surface area contributed by atoms with Crippen LogP contribution in [0.4, 0.5) is 10.6 Å². The minimum Gasteiger partial charge on any atom is -0.365 e. The first-order valence-corrected chi connectivity index (χ1v) is 9.67. The lowest BCUT2D eigenvalue weighted by atomic mass is 10.0. The van der Waals surface area contributed by atoms with Gasteiger partial charge in [0.1, 0.15) is 5.82 Å². The van der Waals surface area contributed by atoms with E-state index in [0.29, 0.717) is 37.6 Å². The molecule has 3 N–H and O–H groups in total. The maximum atomic E-state index is 12.8. The Morgan fingerprint density at radius 2 is 1.75 bits per heavy atom. The first-order valence-electron chi connectivity index (χ1n) is 9.67. The average Bonchev–Trinajstić information content (AvgIpc) is 3.47. The SMILES string of the molecule is NC(=O)c1cccnc1N1CCN(C(=O)NC2(Cc3ccccc3)CC2)CC1. The summed E-state index contributed by atoms with van der Waals surface area (Å²) in [6, 6.07) is 13.7. The Morgan fingerprint density at radius 3 is 2.39 bits per heavy atom. The Morgan fingerprint density at radius 1 is 1.04 bits per heavy atom. The van der Waals surface area contributed by atoms with Gasteiger partial charge in [0.25, 0.3) is 5.91 Å². The number of carbonyl (C=O) groups is 2. The van der Waals surface area contributed by atoms with Gasteiger partial charge in [-0.25, -0.2) is 9.78 Å². The molecule has 146 valence electrons. The average molecular weight is 379 g/mol. The number of anilines is 1. The fraction of sp³-hybridized carbons (Fsp3) is 0.381. The van der Waals surface area contributed by atoms with Crippen molar-refractivity contribution in [1.29, 1.82) is 0 Å². The molecule has 2 fully saturated rings. The van der Waals surface area contributed by atoms with Crippen LogP contribution < -0.4 is 16.0 Å². The van der Waals surface area contributed by atoms with Crippen molar-refractivity contribution in [3.63, 3.8) is 0 Å². The number of amides is 3. The Bertz CT molecular complexity index is 858. The van der Waals surface area contributed by atoms with Crippen LogP contribution in [-0.4, -0.2) is 53.5 Å². The van der Waals surface area contributed by atoms with E-state index in [4.69, 9.17) is 5.73 Å². The van der Waals surface area contributed by atoms with E-state index in [0.717, 1.165) is 19.3 Å². The van der Waals surface area contributed by atoms with Gasteiger partial charge in [0.05, 0.1) is 5.56 Å². The predicted molar refractivity (Wildman–Crippen MR) is 107 cm³/mol. The number of primary amides is 1. The van der Waals surface area contributed by atoms with Crippen molar-refractivity contribution < 1.29 is 9.59 Å². The number of nitrogens with one attached hydrogen (secondary N) is 1. The first-order chi connectivity index (χ1) is 13.6. The summed E-state index contributed by atoms with van der Waals surface area (Å²) >= 11 is 0. The van der Waals surface area contributed by atoms with E-state index in [1.165, 1.54) is 5.56 Å². The van der Waals surface area contributed by atoms with E-state index in [-0.39, 0.29) is 11.6 Å². The van der Waals surface area contributed by atoms with Crippen LogP contribution >= 0.6 is 0 Å². The topological polar surface area (TPSA) is 91.6 Å². The molecule has 0 spiro atoms. The van der Waals surface area contributed by atoms with Crippen LogP contribution in [0.25, 0.3) is 0 Å². The number of carbonyl (C=O) groups excluding carboxylic acids is 2. The largest absolute Gasteiger partial charge is 0.365 e. The molecule has 3 amide bonds. The maximum Gasteiger partial charge on any atom is 0.317 e. The third kappa shape index (κ3) is 3.93. The van der Waals surface area contributed by atoms with Crippen LogP contribution in [0.5, 0.6) is 0 Å². The highest BCUT2D eigenvalue weighted by Crippen LogP contribution is 2.38. The van der Waals surface area contributed by atoms with Gasteiger partial charge in [0, 0.05) is 37.9 Å². The minimum absolute atomic E-state index is 0.00998. The summed E-state index contributed by atoms with van der Waals surface area (Å²) < 4.78 is 0. The molecule has 7 heteroatoms. The number of hydrogen-bond acceptors (Lipinski definition) is 4. The monoisotopic (exact) mass is 379 g/mol. The van der Waals surface area contributed by atoms with Crippen molar-refractivity contribution in [2.24, 2.45) is 5.73 Å². The van der Waals surface area contributed by atoms with Crippen molar-refractivity contribution in [3.05, 3.63) is 59.8 Å². The Hall–Kier alpha value is -3.09. The van der Waals surface area contributed by atoms with Gasteiger partial charge >= 0.3 is 6.03 Å². The Kier molecular flexibility index (Phi) is 4.90. The lowest BCUT2D eigenvalue weighted by Gasteiger charge is -2.36. The molecule has 0 atom stereocenters. The van der Waals surface area contributed by atoms with Gasteiger partial charge in [-0.1, -0.05) is 30.3 Å². The summed E-state index contributed by atoms with van der Waals surface area (Å²) in [6.45, 7) is 2.41. The highest BCUT2D eigenvalue weighted by Gasteiger charge is 2.44. The molecule has 0 bridgehead atoms. The molecule has 4 rings (SSSR count). The second kappa shape index (κ2) is 7.50. The van der Waals surface area contributed by atoms with Crippen molar-refractivity contribution in [1.82, 2.24) is 15.2 Å². The highest BCUT2D eigenvalue weighted by molar-refractivity contribution is 5.97. The minimum atomic E-state index is -0.486. The zero-order chi connectivity index (χ0) is 19.6. The molecule has 1 saturated carbocycles. The van der Waals surface area contributed by atoms with E-state index >= 15 is 0 Å². The van der Waals surface area contributed by atoms with E-state index < -0.39 is 5.91 Å². The number of nitrogens with zero attached hydrogens (tertiary/aromatic N) is 3. The molecular formula is C21H25N5O2. The van der Waals surface area contributed by atoms with E-state index in [1.54, 1.807) is 18.3 Å². The van der Waals surface area contributed by atoms with Crippen molar-refractivity contribution in [2.45, 2.75) is 24.8 Å². The second-order valence-corrected chi connectivity index (χ2v) is 7.59. The summed E-state index contributed by atoms with van der Waals surface area (Å²) in [5, 5.41) is 3.25. The van der Waals surface area contributed by atoms with E-state index in [9.17, 15) is 9.59 Å². The highest BCUT2D eigenvalue weighted by atomic mass is 16.2. The lowest BCUT2D eigenvalue weighted by molar-refractivity contribution is 0.1000. The van der Waals surface area contributed by atoms with Gasteiger partial charge in [-0.3, -0.25) is 4.79 Å².